The predicted octanol–water partition coefficient (Wildman–Crippen LogP) is 1.86. The number of nitrogens with two attached hydrogens (primary N) is 1. The van der Waals surface area contributed by atoms with E-state index in [4.69, 9.17) is 17.3 Å². The van der Waals surface area contributed by atoms with Gasteiger partial charge in [-0.05, 0) is 50.6 Å². The maximum absolute atomic E-state index is 12.3. The number of carbonyl (C=O) groups excluding carboxylic acids is 2. The number of amides is 2. The van der Waals surface area contributed by atoms with E-state index in [1.54, 1.807) is 24.3 Å². The summed E-state index contributed by atoms with van der Waals surface area (Å²) in [6.45, 7) is 3.19. The molecule has 0 saturated carbocycles. The standard InChI is InChI=1S/C15H20ClN3O2/c1-10(19-8-2-3-11(9-19)14(17)20)15(21)18-13-6-4-12(16)5-7-13/h4-7,10-11H,2-3,8-9H2,1H3,(H2,17,20)(H,18,21)/t10-,11+/m1/s1. The van der Waals surface area contributed by atoms with Crippen LogP contribution in [0.5, 0.6) is 0 Å². The molecule has 21 heavy (non-hydrogen) atoms. The molecule has 1 aromatic carbocycles. The summed E-state index contributed by atoms with van der Waals surface area (Å²) in [5.41, 5.74) is 6.07. The first-order valence-electron chi connectivity index (χ1n) is 7.07. The molecule has 114 valence electrons. The minimum Gasteiger partial charge on any atom is -0.369 e. The van der Waals surface area contributed by atoms with Gasteiger partial charge in [-0.1, -0.05) is 11.6 Å². The summed E-state index contributed by atoms with van der Waals surface area (Å²) in [6.07, 6.45) is 1.68. The summed E-state index contributed by atoms with van der Waals surface area (Å²) < 4.78 is 0. The van der Waals surface area contributed by atoms with E-state index in [0.29, 0.717) is 17.3 Å². The van der Waals surface area contributed by atoms with Crippen LogP contribution in [0.2, 0.25) is 5.02 Å². The van der Waals surface area contributed by atoms with Crippen LogP contribution in [0.3, 0.4) is 0 Å². The van der Waals surface area contributed by atoms with Gasteiger partial charge in [0.05, 0.1) is 12.0 Å². The Morgan fingerprint density at radius 2 is 2.05 bits per heavy atom. The number of anilines is 1. The van der Waals surface area contributed by atoms with Crippen LogP contribution < -0.4 is 11.1 Å². The highest BCUT2D eigenvalue weighted by molar-refractivity contribution is 6.30. The van der Waals surface area contributed by atoms with Crippen molar-refractivity contribution >= 4 is 29.1 Å². The van der Waals surface area contributed by atoms with Crippen LogP contribution in [-0.2, 0) is 9.59 Å². The van der Waals surface area contributed by atoms with E-state index in [2.05, 4.69) is 5.32 Å². The van der Waals surface area contributed by atoms with Gasteiger partial charge in [0.1, 0.15) is 0 Å². The number of hydrogen-bond donors (Lipinski definition) is 2. The van der Waals surface area contributed by atoms with E-state index in [9.17, 15) is 9.59 Å². The van der Waals surface area contributed by atoms with Crippen molar-refractivity contribution < 1.29 is 9.59 Å². The second kappa shape index (κ2) is 6.91. The summed E-state index contributed by atoms with van der Waals surface area (Å²) in [4.78, 5) is 25.6. The van der Waals surface area contributed by atoms with Crippen molar-refractivity contribution in [3.05, 3.63) is 29.3 Å². The molecule has 2 amide bonds. The van der Waals surface area contributed by atoms with E-state index in [0.717, 1.165) is 19.4 Å². The third kappa shape index (κ3) is 4.19. The molecule has 1 aliphatic rings. The van der Waals surface area contributed by atoms with Crippen LogP contribution in [-0.4, -0.2) is 35.8 Å². The monoisotopic (exact) mass is 309 g/mol. The lowest BCUT2D eigenvalue weighted by atomic mass is 9.96. The summed E-state index contributed by atoms with van der Waals surface area (Å²) in [5.74, 6) is -0.544. The molecule has 2 rings (SSSR count). The second-order valence-corrected chi connectivity index (χ2v) is 5.85. The lowest BCUT2D eigenvalue weighted by Crippen LogP contribution is -2.49. The molecule has 1 aromatic rings. The fourth-order valence-corrected chi connectivity index (χ4v) is 2.66. The minimum atomic E-state index is -0.303. The quantitative estimate of drug-likeness (QED) is 0.891. The summed E-state index contributed by atoms with van der Waals surface area (Å²) >= 11 is 5.81. The zero-order valence-electron chi connectivity index (χ0n) is 12.0. The highest BCUT2D eigenvalue weighted by atomic mass is 35.5. The summed E-state index contributed by atoms with van der Waals surface area (Å²) in [7, 11) is 0. The highest BCUT2D eigenvalue weighted by Crippen LogP contribution is 2.19. The fourth-order valence-electron chi connectivity index (χ4n) is 2.54. The van der Waals surface area contributed by atoms with Crippen LogP contribution in [0.4, 0.5) is 5.69 Å². The van der Waals surface area contributed by atoms with Crippen LogP contribution in [0.1, 0.15) is 19.8 Å². The van der Waals surface area contributed by atoms with Gasteiger partial charge in [-0.25, -0.2) is 0 Å². The number of benzene rings is 1. The number of nitrogens with zero attached hydrogens (tertiary/aromatic N) is 1. The van der Waals surface area contributed by atoms with E-state index >= 15 is 0 Å². The van der Waals surface area contributed by atoms with Crippen LogP contribution >= 0.6 is 11.6 Å². The highest BCUT2D eigenvalue weighted by Gasteiger charge is 2.29. The Labute approximate surface area is 129 Å². The van der Waals surface area contributed by atoms with Gasteiger partial charge in [-0.3, -0.25) is 14.5 Å². The number of rotatable bonds is 4. The fraction of sp³-hybridized carbons (Fsp3) is 0.467. The van der Waals surface area contributed by atoms with E-state index in [1.165, 1.54) is 0 Å². The molecule has 6 heteroatoms. The van der Waals surface area contributed by atoms with Crippen molar-refractivity contribution in [2.45, 2.75) is 25.8 Å². The van der Waals surface area contributed by atoms with E-state index in [-0.39, 0.29) is 23.8 Å². The molecular weight excluding hydrogens is 290 g/mol. The molecule has 0 aromatic heterocycles. The molecule has 0 aliphatic carbocycles. The van der Waals surface area contributed by atoms with Gasteiger partial charge in [0.2, 0.25) is 11.8 Å². The number of piperidine rings is 1. The number of nitrogens with one attached hydrogen (secondary N) is 1. The van der Waals surface area contributed by atoms with Crippen molar-refractivity contribution in [2.24, 2.45) is 11.7 Å². The average molecular weight is 310 g/mol. The Morgan fingerprint density at radius 3 is 2.67 bits per heavy atom. The van der Waals surface area contributed by atoms with Crippen molar-refractivity contribution in [2.75, 3.05) is 18.4 Å². The summed E-state index contributed by atoms with van der Waals surface area (Å²) in [6, 6.07) is 6.67. The molecule has 5 nitrogen and oxygen atoms in total. The average Bonchev–Trinajstić information content (AvgIpc) is 2.49. The zero-order chi connectivity index (χ0) is 15.4. The SMILES string of the molecule is C[C@H](C(=O)Nc1ccc(Cl)cc1)N1CCC[C@H](C(N)=O)C1. The van der Waals surface area contributed by atoms with E-state index < -0.39 is 0 Å². The third-order valence-corrected chi connectivity index (χ3v) is 4.15. The number of hydrogen-bond acceptors (Lipinski definition) is 3. The normalized spacial score (nSPS) is 20.8. The van der Waals surface area contributed by atoms with Gasteiger partial charge in [0.25, 0.3) is 0 Å². The smallest absolute Gasteiger partial charge is 0.241 e. The molecule has 1 saturated heterocycles. The Hall–Kier alpha value is -1.59. The van der Waals surface area contributed by atoms with Gasteiger partial charge >= 0.3 is 0 Å². The van der Waals surface area contributed by atoms with Crippen molar-refractivity contribution in [3.63, 3.8) is 0 Å². The number of carbonyl (C=O) groups is 2. The first-order chi connectivity index (χ1) is 9.97. The number of halogens is 1. The third-order valence-electron chi connectivity index (χ3n) is 3.89. The molecule has 1 aliphatic heterocycles. The molecule has 0 spiro atoms. The molecule has 0 radical (unpaired) electrons. The largest absolute Gasteiger partial charge is 0.369 e. The van der Waals surface area contributed by atoms with Gasteiger partial charge in [-0.15, -0.1) is 0 Å². The lowest BCUT2D eigenvalue weighted by molar-refractivity contribution is -0.127. The molecular formula is C15H20ClN3O2. The maximum Gasteiger partial charge on any atom is 0.241 e. The maximum atomic E-state index is 12.3. The second-order valence-electron chi connectivity index (χ2n) is 5.41. The Kier molecular flexibility index (Phi) is 5.20. The van der Waals surface area contributed by atoms with Gasteiger partial charge < -0.3 is 11.1 Å². The van der Waals surface area contributed by atoms with Crippen LogP contribution in [0.15, 0.2) is 24.3 Å². The van der Waals surface area contributed by atoms with E-state index in [1.807, 2.05) is 11.8 Å². The Morgan fingerprint density at radius 1 is 1.38 bits per heavy atom. The number of likely N-dealkylation sites (tertiary alicyclic amines) is 1. The molecule has 3 N–H and O–H groups in total. The first-order valence-corrected chi connectivity index (χ1v) is 7.45. The Bertz CT molecular complexity index is 518. The Balaban J connectivity index is 1.95. The van der Waals surface area contributed by atoms with Gasteiger partial charge in [0.15, 0.2) is 0 Å². The molecule has 1 heterocycles. The van der Waals surface area contributed by atoms with Crippen LogP contribution in [0, 0.1) is 5.92 Å². The molecule has 0 unspecified atom stereocenters. The topological polar surface area (TPSA) is 75.4 Å². The lowest BCUT2D eigenvalue weighted by Gasteiger charge is -2.34. The first kappa shape index (κ1) is 15.8. The predicted molar refractivity (Wildman–Crippen MR) is 83.0 cm³/mol. The minimum absolute atomic E-state index is 0.0950. The van der Waals surface area contributed by atoms with Crippen molar-refractivity contribution in [3.8, 4) is 0 Å². The van der Waals surface area contributed by atoms with Gasteiger partial charge in [0, 0.05) is 17.3 Å². The molecule has 1 fully saturated rings. The van der Waals surface area contributed by atoms with Crippen molar-refractivity contribution in [1.82, 2.24) is 4.90 Å². The summed E-state index contributed by atoms with van der Waals surface area (Å²) in [5, 5.41) is 3.48. The number of primary amides is 1. The van der Waals surface area contributed by atoms with Crippen molar-refractivity contribution in [1.29, 1.82) is 0 Å². The van der Waals surface area contributed by atoms with Crippen LogP contribution in [0.25, 0.3) is 0 Å². The zero-order valence-corrected chi connectivity index (χ0v) is 12.8. The molecule has 2 atom stereocenters. The van der Waals surface area contributed by atoms with Gasteiger partial charge in [-0.2, -0.15) is 0 Å². The molecule has 0 bridgehead atoms.